The van der Waals surface area contributed by atoms with Crippen LogP contribution in [-0.4, -0.2) is 24.5 Å². The van der Waals surface area contributed by atoms with Crippen LogP contribution in [0.1, 0.15) is 5.56 Å². The highest BCUT2D eigenvalue weighted by molar-refractivity contribution is 5.78. The molecule has 1 aromatic rings. The van der Waals surface area contributed by atoms with E-state index < -0.39 is 0 Å². The van der Waals surface area contributed by atoms with Gasteiger partial charge in [0.05, 0.1) is 12.8 Å². The van der Waals surface area contributed by atoms with E-state index in [1.165, 1.54) is 0 Å². The summed E-state index contributed by atoms with van der Waals surface area (Å²) in [5.41, 5.74) is 0.982. The minimum Gasteiger partial charge on any atom is -0.393 e. The van der Waals surface area contributed by atoms with Crippen molar-refractivity contribution in [2.24, 2.45) is 5.16 Å². The van der Waals surface area contributed by atoms with Crippen LogP contribution in [0.3, 0.4) is 0 Å². The van der Waals surface area contributed by atoms with Crippen LogP contribution < -0.4 is 0 Å². The number of aliphatic hydroxyl groups excluding tert-OH is 1. The first-order chi connectivity index (χ1) is 5.93. The molecular formula is C9H11NO2. The Bertz CT molecular complexity index is 234. The van der Waals surface area contributed by atoms with E-state index in [1.807, 2.05) is 30.3 Å². The number of nitrogens with zero attached hydrogens (tertiary/aromatic N) is 1. The number of aliphatic hydroxyl groups is 1. The van der Waals surface area contributed by atoms with Crippen LogP contribution in [0.5, 0.6) is 0 Å². The van der Waals surface area contributed by atoms with Crippen LogP contribution in [0.2, 0.25) is 0 Å². The van der Waals surface area contributed by atoms with E-state index in [4.69, 9.17) is 9.94 Å². The average molecular weight is 165 g/mol. The van der Waals surface area contributed by atoms with E-state index in [9.17, 15) is 0 Å². The van der Waals surface area contributed by atoms with Crippen LogP contribution in [0.15, 0.2) is 35.5 Å². The fourth-order valence-electron chi connectivity index (χ4n) is 0.731. The lowest BCUT2D eigenvalue weighted by Crippen LogP contribution is -1.93. The summed E-state index contributed by atoms with van der Waals surface area (Å²) in [6.07, 6.45) is 1.61. The summed E-state index contributed by atoms with van der Waals surface area (Å²) in [4.78, 5) is 4.71. The van der Waals surface area contributed by atoms with E-state index in [2.05, 4.69) is 5.16 Å². The summed E-state index contributed by atoms with van der Waals surface area (Å²) in [6.45, 7) is 0.232. The first-order valence-electron chi connectivity index (χ1n) is 3.75. The molecule has 0 aliphatic carbocycles. The summed E-state index contributed by atoms with van der Waals surface area (Å²) < 4.78 is 0. The Balaban J connectivity index is 2.36. The Morgan fingerprint density at radius 2 is 2.08 bits per heavy atom. The van der Waals surface area contributed by atoms with Crippen molar-refractivity contribution in [1.82, 2.24) is 0 Å². The summed E-state index contributed by atoms with van der Waals surface area (Å²) in [5, 5.41) is 12.0. The van der Waals surface area contributed by atoms with Crippen molar-refractivity contribution in [2.75, 3.05) is 13.2 Å². The highest BCUT2D eigenvalue weighted by Gasteiger charge is 1.83. The number of benzene rings is 1. The van der Waals surface area contributed by atoms with Crippen molar-refractivity contribution in [1.29, 1.82) is 0 Å². The van der Waals surface area contributed by atoms with E-state index in [0.29, 0.717) is 0 Å². The molecule has 1 aromatic carbocycles. The quantitative estimate of drug-likeness (QED) is 0.411. The Morgan fingerprint density at radius 1 is 1.33 bits per heavy atom. The molecule has 0 fully saturated rings. The first-order valence-corrected chi connectivity index (χ1v) is 3.75. The van der Waals surface area contributed by atoms with Crippen LogP contribution in [0.4, 0.5) is 0 Å². The van der Waals surface area contributed by atoms with Crippen LogP contribution in [-0.2, 0) is 4.84 Å². The van der Waals surface area contributed by atoms with Crippen LogP contribution >= 0.6 is 0 Å². The molecular weight excluding hydrogens is 154 g/mol. The lowest BCUT2D eigenvalue weighted by Gasteiger charge is -1.93. The van der Waals surface area contributed by atoms with E-state index >= 15 is 0 Å². The molecule has 0 saturated carbocycles. The fourth-order valence-corrected chi connectivity index (χ4v) is 0.731. The molecule has 0 aliphatic rings. The molecule has 1 N–H and O–H groups in total. The number of oxime groups is 1. The van der Waals surface area contributed by atoms with Crippen molar-refractivity contribution >= 4 is 6.21 Å². The third-order valence-electron chi connectivity index (χ3n) is 1.26. The monoisotopic (exact) mass is 165 g/mol. The van der Waals surface area contributed by atoms with Crippen molar-refractivity contribution in [3.8, 4) is 0 Å². The molecule has 3 nitrogen and oxygen atoms in total. The van der Waals surface area contributed by atoms with Gasteiger partial charge in [0.25, 0.3) is 0 Å². The second-order valence-corrected chi connectivity index (χ2v) is 2.20. The summed E-state index contributed by atoms with van der Waals surface area (Å²) in [5.74, 6) is 0. The molecule has 0 atom stereocenters. The highest BCUT2D eigenvalue weighted by atomic mass is 16.6. The molecule has 0 spiro atoms. The van der Waals surface area contributed by atoms with Gasteiger partial charge in [-0.25, -0.2) is 0 Å². The largest absolute Gasteiger partial charge is 0.393 e. The lowest BCUT2D eigenvalue weighted by molar-refractivity contribution is 0.0997. The number of rotatable bonds is 4. The SMILES string of the molecule is OCCO/N=C/c1ccccc1. The van der Waals surface area contributed by atoms with Crippen molar-refractivity contribution in [3.63, 3.8) is 0 Å². The Morgan fingerprint density at radius 3 is 2.75 bits per heavy atom. The molecule has 12 heavy (non-hydrogen) atoms. The maximum absolute atomic E-state index is 8.36. The first kappa shape index (κ1) is 8.74. The molecule has 0 aliphatic heterocycles. The van der Waals surface area contributed by atoms with Crippen molar-refractivity contribution in [2.45, 2.75) is 0 Å². The molecule has 0 heterocycles. The topological polar surface area (TPSA) is 41.8 Å². The Labute approximate surface area is 71.3 Å². The van der Waals surface area contributed by atoms with E-state index in [1.54, 1.807) is 6.21 Å². The predicted molar refractivity (Wildman–Crippen MR) is 47.1 cm³/mol. The van der Waals surface area contributed by atoms with Gasteiger partial charge in [-0.15, -0.1) is 0 Å². The molecule has 0 aromatic heterocycles. The van der Waals surface area contributed by atoms with Gasteiger partial charge in [-0.3, -0.25) is 0 Å². The molecule has 0 saturated heterocycles. The van der Waals surface area contributed by atoms with Gasteiger partial charge in [-0.1, -0.05) is 35.5 Å². The Hall–Kier alpha value is -1.35. The smallest absolute Gasteiger partial charge is 0.140 e. The zero-order chi connectivity index (χ0) is 8.65. The molecule has 0 amide bonds. The third-order valence-corrected chi connectivity index (χ3v) is 1.26. The molecule has 3 heteroatoms. The highest BCUT2D eigenvalue weighted by Crippen LogP contribution is 1.93. The predicted octanol–water partition coefficient (Wildman–Crippen LogP) is 1.03. The molecule has 0 radical (unpaired) electrons. The van der Waals surface area contributed by atoms with Gasteiger partial charge < -0.3 is 9.94 Å². The van der Waals surface area contributed by atoms with Gasteiger partial charge in [0, 0.05) is 0 Å². The maximum Gasteiger partial charge on any atom is 0.140 e. The van der Waals surface area contributed by atoms with Crippen LogP contribution in [0, 0.1) is 0 Å². The van der Waals surface area contributed by atoms with Crippen LogP contribution in [0.25, 0.3) is 0 Å². The van der Waals surface area contributed by atoms with E-state index in [-0.39, 0.29) is 13.2 Å². The second-order valence-electron chi connectivity index (χ2n) is 2.20. The van der Waals surface area contributed by atoms with Gasteiger partial charge in [0.2, 0.25) is 0 Å². The van der Waals surface area contributed by atoms with Gasteiger partial charge in [-0.2, -0.15) is 0 Å². The van der Waals surface area contributed by atoms with Gasteiger partial charge in [-0.05, 0) is 5.56 Å². The molecule has 0 unspecified atom stereocenters. The summed E-state index contributed by atoms with van der Waals surface area (Å²) >= 11 is 0. The lowest BCUT2D eigenvalue weighted by atomic mass is 10.2. The minimum atomic E-state index is -0.00781. The Kier molecular flexibility index (Phi) is 3.88. The third kappa shape index (κ3) is 3.16. The second kappa shape index (κ2) is 5.32. The van der Waals surface area contributed by atoms with Gasteiger partial charge in [0.15, 0.2) is 0 Å². The molecule has 0 bridgehead atoms. The van der Waals surface area contributed by atoms with Gasteiger partial charge >= 0.3 is 0 Å². The summed E-state index contributed by atoms with van der Waals surface area (Å²) in [6, 6.07) is 9.63. The van der Waals surface area contributed by atoms with E-state index in [0.717, 1.165) is 5.56 Å². The zero-order valence-corrected chi connectivity index (χ0v) is 6.68. The molecule has 64 valence electrons. The summed E-state index contributed by atoms with van der Waals surface area (Å²) in [7, 11) is 0. The minimum absolute atomic E-state index is 0.00781. The normalized spacial score (nSPS) is 10.4. The standard InChI is InChI=1S/C9H11NO2/c11-6-7-12-10-8-9-4-2-1-3-5-9/h1-5,8,11H,6-7H2/b10-8+. The average Bonchev–Trinajstić information content (AvgIpc) is 2.14. The molecule has 1 rings (SSSR count). The van der Waals surface area contributed by atoms with Crippen molar-refractivity contribution < 1.29 is 9.94 Å². The number of hydrogen-bond donors (Lipinski definition) is 1. The van der Waals surface area contributed by atoms with Gasteiger partial charge in [0.1, 0.15) is 6.61 Å². The zero-order valence-electron chi connectivity index (χ0n) is 6.68. The maximum atomic E-state index is 8.36. The van der Waals surface area contributed by atoms with Crippen molar-refractivity contribution in [3.05, 3.63) is 35.9 Å². The number of hydrogen-bond acceptors (Lipinski definition) is 3. The fraction of sp³-hybridized carbons (Fsp3) is 0.222.